The van der Waals surface area contributed by atoms with Gasteiger partial charge in [0.1, 0.15) is 5.57 Å². The lowest BCUT2D eigenvalue weighted by Crippen LogP contribution is -2.54. The van der Waals surface area contributed by atoms with Crippen LogP contribution in [0, 0.1) is 0 Å². The molecule has 4 rings (SSSR count). The van der Waals surface area contributed by atoms with Gasteiger partial charge in [0.15, 0.2) is 0 Å². The van der Waals surface area contributed by atoms with E-state index in [1.165, 1.54) is 42.7 Å². The summed E-state index contributed by atoms with van der Waals surface area (Å²) in [5.41, 5.74) is 1.13. The maximum Gasteiger partial charge on any atom is 0.335 e. The number of aromatic nitrogens is 2. The number of carbonyl (C=O) groups is 4. The summed E-state index contributed by atoms with van der Waals surface area (Å²) in [6.07, 6.45) is 5.88. The quantitative estimate of drug-likeness (QED) is 0.510. The summed E-state index contributed by atoms with van der Waals surface area (Å²) in [4.78, 5) is 53.5. The third-order valence-electron chi connectivity index (χ3n) is 4.47. The zero-order valence-electron chi connectivity index (χ0n) is 15.4. The highest BCUT2D eigenvalue weighted by Gasteiger charge is 2.36. The molecule has 0 bridgehead atoms. The number of anilines is 1. The molecule has 9 heteroatoms. The lowest BCUT2D eigenvalue weighted by atomic mass is 10.1. The first-order valence-corrected chi connectivity index (χ1v) is 8.78. The Morgan fingerprint density at radius 1 is 1.00 bits per heavy atom. The van der Waals surface area contributed by atoms with Gasteiger partial charge in [-0.1, -0.05) is 6.07 Å². The predicted octanol–water partition coefficient (Wildman–Crippen LogP) is 2.24. The number of hydrogen-bond acceptors (Lipinski definition) is 5. The number of imide groups is 2. The van der Waals surface area contributed by atoms with E-state index in [9.17, 15) is 24.3 Å². The fraction of sp³-hybridized carbons (Fsp3) is 0. The summed E-state index contributed by atoms with van der Waals surface area (Å²) in [6, 6.07) is 11.7. The maximum atomic E-state index is 12.9. The maximum absolute atomic E-state index is 12.9. The zero-order valence-corrected chi connectivity index (χ0v) is 15.4. The first-order valence-electron chi connectivity index (χ1n) is 8.78. The number of hydrogen-bond donors (Lipinski definition) is 2. The molecule has 1 aromatic carbocycles. The van der Waals surface area contributed by atoms with Gasteiger partial charge in [-0.05, 0) is 48.5 Å². The summed E-state index contributed by atoms with van der Waals surface area (Å²) in [5, 5.41) is 11.4. The molecule has 0 unspecified atom stereocenters. The highest BCUT2D eigenvalue weighted by molar-refractivity contribution is 6.39. The van der Waals surface area contributed by atoms with Crippen LogP contribution in [0.15, 0.2) is 72.7 Å². The van der Waals surface area contributed by atoms with Crippen LogP contribution in [0.4, 0.5) is 10.5 Å². The average molecular weight is 402 g/mol. The second-order valence-electron chi connectivity index (χ2n) is 6.32. The van der Waals surface area contributed by atoms with Gasteiger partial charge in [-0.15, -0.1) is 0 Å². The van der Waals surface area contributed by atoms with Gasteiger partial charge in [0.2, 0.25) is 0 Å². The van der Waals surface area contributed by atoms with Crippen LogP contribution in [0.2, 0.25) is 0 Å². The van der Waals surface area contributed by atoms with E-state index in [1.807, 2.05) is 0 Å². The van der Waals surface area contributed by atoms with E-state index in [4.69, 9.17) is 0 Å². The van der Waals surface area contributed by atoms with E-state index < -0.39 is 23.8 Å². The number of aromatic carboxylic acids is 1. The number of pyridine rings is 1. The number of amides is 4. The number of carbonyl (C=O) groups excluding carboxylic acids is 3. The number of benzene rings is 1. The van der Waals surface area contributed by atoms with Crippen LogP contribution >= 0.6 is 0 Å². The molecule has 148 valence electrons. The zero-order chi connectivity index (χ0) is 21.3. The van der Waals surface area contributed by atoms with E-state index in [-0.39, 0.29) is 16.8 Å². The van der Waals surface area contributed by atoms with Gasteiger partial charge in [-0.2, -0.15) is 0 Å². The molecule has 0 saturated carbocycles. The minimum absolute atomic E-state index is 0.0979. The minimum atomic E-state index is -1.07. The SMILES string of the molecule is O=C1NC(=O)N(c2ccncc2)C(=O)/C1=C/c1cccn1-c1cccc(C(=O)O)c1. The van der Waals surface area contributed by atoms with E-state index in [1.54, 1.807) is 35.0 Å². The molecule has 3 aromatic rings. The van der Waals surface area contributed by atoms with Gasteiger partial charge >= 0.3 is 12.0 Å². The summed E-state index contributed by atoms with van der Waals surface area (Å²) >= 11 is 0. The van der Waals surface area contributed by atoms with Crippen molar-refractivity contribution in [2.24, 2.45) is 0 Å². The van der Waals surface area contributed by atoms with Crippen molar-refractivity contribution in [1.82, 2.24) is 14.9 Å². The van der Waals surface area contributed by atoms with Crippen molar-refractivity contribution in [1.29, 1.82) is 0 Å². The number of carboxylic acids is 1. The molecule has 0 atom stereocenters. The monoisotopic (exact) mass is 402 g/mol. The van der Waals surface area contributed by atoms with Gasteiger partial charge in [-0.3, -0.25) is 19.9 Å². The van der Waals surface area contributed by atoms with Crippen LogP contribution in [0.3, 0.4) is 0 Å². The summed E-state index contributed by atoms with van der Waals surface area (Å²) in [7, 11) is 0. The third kappa shape index (κ3) is 3.35. The van der Waals surface area contributed by atoms with Crippen LogP contribution in [0.1, 0.15) is 16.1 Å². The Labute approximate surface area is 169 Å². The van der Waals surface area contributed by atoms with Crippen molar-refractivity contribution in [2.75, 3.05) is 4.90 Å². The fourth-order valence-electron chi connectivity index (χ4n) is 3.07. The fourth-order valence-corrected chi connectivity index (χ4v) is 3.07. The predicted molar refractivity (Wildman–Crippen MR) is 106 cm³/mol. The number of barbiturate groups is 1. The Morgan fingerprint density at radius 3 is 2.50 bits per heavy atom. The Bertz CT molecular complexity index is 1210. The summed E-state index contributed by atoms with van der Waals surface area (Å²) < 4.78 is 1.63. The van der Waals surface area contributed by atoms with Crippen molar-refractivity contribution in [3.05, 3.63) is 84.0 Å². The first-order chi connectivity index (χ1) is 14.5. The molecule has 1 fully saturated rings. The van der Waals surface area contributed by atoms with Gasteiger partial charge in [-0.25, -0.2) is 14.5 Å². The van der Waals surface area contributed by atoms with Crippen LogP contribution in [-0.2, 0) is 9.59 Å². The molecule has 2 N–H and O–H groups in total. The van der Waals surface area contributed by atoms with Crippen LogP contribution in [0.25, 0.3) is 11.8 Å². The number of nitrogens with one attached hydrogen (secondary N) is 1. The van der Waals surface area contributed by atoms with Crippen LogP contribution in [-0.4, -0.2) is 38.5 Å². The molecule has 1 aliphatic heterocycles. The van der Waals surface area contributed by atoms with Gasteiger partial charge in [0.05, 0.1) is 11.3 Å². The van der Waals surface area contributed by atoms with E-state index in [0.29, 0.717) is 11.4 Å². The molecule has 4 amide bonds. The van der Waals surface area contributed by atoms with Gasteiger partial charge in [0, 0.05) is 30.0 Å². The molecule has 9 nitrogen and oxygen atoms in total. The molecule has 0 spiro atoms. The van der Waals surface area contributed by atoms with Crippen molar-refractivity contribution in [3.63, 3.8) is 0 Å². The lowest BCUT2D eigenvalue weighted by molar-refractivity contribution is -0.122. The summed E-state index contributed by atoms with van der Waals surface area (Å²) in [5.74, 6) is -2.67. The van der Waals surface area contributed by atoms with E-state index in [0.717, 1.165) is 4.90 Å². The molecule has 0 radical (unpaired) electrons. The normalized spacial score (nSPS) is 15.4. The van der Waals surface area contributed by atoms with Crippen molar-refractivity contribution in [2.45, 2.75) is 0 Å². The number of urea groups is 1. The number of carboxylic acid groups (broad SMARTS) is 1. The van der Waals surface area contributed by atoms with Crippen LogP contribution < -0.4 is 10.2 Å². The highest BCUT2D eigenvalue weighted by Crippen LogP contribution is 2.22. The van der Waals surface area contributed by atoms with Gasteiger partial charge in [0.25, 0.3) is 11.8 Å². The standard InChI is InChI=1S/C21H14N4O5/c26-18-17(19(27)25(21(30)23-18)14-6-8-22-9-7-14)12-16-5-2-10-24(16)15-4-1-3-13(11-15)20(28)29/h1-12H,(H,28,29)(H,23,26,30)/b17-12+. The molecule has 2 aromatic heterocycles. The molecule has 3 heterocycles. The van der Waals surface area contributed by atoms with Crippen molar-refractivity contribution in [3.8, 4) is 5.69 Å². The average Bonchev–Trinajstić information content (AvgIpc) is 3.20. The lowest BCUT2D eigenvalue weighted by Gasteiger charge is -2.26. The molecule has 1 aliphatic rings. The first kappa shape index (κ1) is 18.8. The largest absolute Gasteiger partial charge is 0.478 e. The minimum Gasteiger partial charge on any atom is -0.478 e. The Balaban J connectivity index is 1.75. The second kappa shape index (κ2) is 7.47. The third-order valence-corrected chi connectivity index (χ3v) is 4.47. The molecular formula is C21H14N4O5. The smallest absolute Gasteiger partial charge is 0.335 e. The number of nitrogens with zero attached hydrogens (tertiary/aromatic N) is 3. The van der Waals surface area contributed by atoms with E-state index >= 15 is 0 Å². The number of rotatable bonds is 4. The van der Waals surface area contributed by atoms with Crippen molar-refractivity contribution >= 4 is 35.6 Å². The molecule has 1 saturated heterocycles. The Kier molecular flexibility index (Phi) is 4.69. The Morgan fingerprint density at radius 2 is 1.77 bits per heavy atom. The second-order valence-corrected chi connectivity index (χ2v) is 6.32. The molecule has 30 heavy (non-hydrogen) atoms. The molecular weight excluding hydrogens is 388 g/mol. The Hall–Kier alpha value is -4.53. The van der Waals surface area contributed by atoms with Crippen LogP contribution in [0.5, 0.6) is 0 Å². The van der Waals surface area contributed by atoms with Crippen molar-refractivity contribution < 1.29 is 24.3 Å². The summed E-state index contributed by atoms with van der Waals surface area (Å²) in [6.45, 7) is 0. The van der Waals surface area contributed by atoms with Gasteiger partial charge < -0.3 is 9.67 Å². The topological polar surface area (TPSA) is 122 Å². The molecule has 0 aliphatic carbocycles. The van der Waals surface area contributed by atoms with E-state index in [2.05, 4.69) is 10.3 Å². The highest BCUT2D eigenvalue weighted by atomic mass is 16.4.